The first-order valence-corrected chi connectivity index (χ1v) is 6.17. The zero-order chi connectivity index (χ0) is 14.6. The van der Waals surface area contributed by atoms with E-state index in [1.54, 1.807) is 6.07 Å². The molecule has 0 fully saturated rings. The van der Waals surface area contributed by atoms with Crippen LogP contribution >= 0.6 is 0 Å². The SMILES string of the molecule is Cc1nc(N(C)CC(F)(F)F)ccc1CNC(C)C. The Labute approximate surface area is 111 Å². The maximum Gasteiger partial charge on any atom is 0.405 e. The van der Waals surface area contributed by atoms with Crippen LogP contribution in [0.2, 0.25) is 0 Å². The van der Waals surface area contributed by atoms with Crippen molar-refractivity contribution in [3.05, 3.63) is 23.4 Å². The number of halogens is 3. The molecule has 0 aliphatic heterocycles. The Morgan fingerprint density at radius 3 is 2.42 bits per heavy atom. The Kier molecular flexibility index (Phi) is 5.17. The summed E-state index contributed by atoms with van der Waals surface area (Å²) in [6, 6.07) is 3.79. The molecule has 108 valence electrons. The summed E-state index contributed by atoms with van der Waals surface area (Å²) in [6.07, 6.45) is -4.22. The minimum Gasteiger partial charge on any atom is -0.351 e. The monoisotopic (exact) mass is 275 g/mol. The normalized spacial score (nSPS) is 12.0. The van der Waals surface area contributed by atoms with Crippen LogP contribution in [-0.2, 0) is 6.54 Å². The standard InChI is InChI=1S/C13H20F3N3/c1-9(2)17-7-11-5-6-12(18-10(11)3)19(4)8-13(14,15)16/h5-6,9,17H,7-8H2,1-4H3. The van der Waals surface area contributed by atoms with Crippen molar-refractivity contribution in [2.45, 2.75) is 39.5 Å². The van der Waals surface area contributed by atoms with Gasteiger partial charge in [0, 0.05) is 25.3 Å². The van der Waals surface area contributed by atoms with Crippen molar-refractivity contribution in [3.63, 3.8) is 0 Å². The highest BCUT2D eigenvalue weighted by atomic mass is 19.4. The molecule has 0 atom stereocenters. The summed E-state index contributed by atoms with van der Waals surface area (Å²) in [5.41, 5.74) is 1.75. The van der Waals surface area contributed by atoms with Crippen LogP contribution in [-0.4, -0.2) is 30.8 Å². The quantitative estimate of drug-likeness (QED) is 0.895. The number of anilines is 1. The average Bonchev–Trinajstić information content (AvgIpc) is 2.24. The summed E-state index contributed by atoms with van der Waals surface area (Å²) >= 11 is 0. The van der Waals surface area contributed by atoms with Crippen molar-refractivity contribution >= 4 is 5.82 Å². The van der Waals surface area contributed by atoms with E-state index in [2.05, 4.69) is 10.3 Å². The maximum atomic E-state index is 12.3. The third-order valence-electron chi connectivity index (χ3n) is 2.69. The lowest BCUT2D eigenvalue weighted by molar-refractivity contribution is -0.119. The highest BCUT2D eigenvalue weighted by molar-refractivity contribution is 5.41. The fraction of sp³-hybridized carbons (Fsp3) is 0.615. The molecule has 0 saturated carbocycles. The molecule has 0 bridgehead atoms. The van der Waals surface area contributed by atoms with Crippen LogP contribution < -0.4 is 10.2 Å². The number of aromatic nitrogens is 1. The number of hydrogen-bond acceptors (Lipinski definition) is 3. The van der Waals surface area contributed by atoms with Crippen molar-refractivity contribution in [2.75, 3.05) is 18.5 Å². The van der Waals surface area contributed by atoms with Crippen LogP contribution in [0.15, 0.2) is 12.1 Å². The summed E-state index contributed by atoms with van der Waals surface area (Å²) in [5.74, 6) is 0.336. The fourth-order valence-corrected chi connectivity index (χ4v) is 1.64. The molecule has 0 unspecified atom stereocenters. The van der Waals surface area contributed by atoms with Gasteiger partial charge in [-0.3, -0.25) is 0 Å². The topological polar surface area (TPSA) is 28.2 Å². The lowest BCUT2D eigenvalue weighted by Gasteiger charge is -2.21. The van der Waals surface area contributed by atoms with Gasteiger partial charge in [-0.1, -0.05) is 19.9 Å². The van der Waals surface area contributed by atoms with E-state index in [1.807, 2.05) is 26.8 Å². The molecular weight excluding hydrogens is 255 g/mol. The Hall–Kier alpha value is -1.30. The molecule has 1 aromatic heterocycles. The van der Waals surface area contributed by atoms with Gasteiger partial charge in [-0.25, -0.2) is 4.98 Å². The number of nitrogens with zero attached hydrogens (tertiary/aromatic N) is 2. The Morgan fingerprint density at radius 1 is 1.32 bits per heavy atom. The van der Waals surface area contributed by atoms with E-state index in [9.17, 15) is 13.2 Å². The van der Waals surface area contributed by atoms with Gasteiger partial charge >= 0.3 is 6.18 Å². The molecule has 0 amide bonds. The second kappa shape index (κ2) is 6.23. The van der Waals surface area contributed by atoms with Gasteiger partial charge in [0.05, 0.1) is 0 Å². The zero-order valence-corrected chi connectivity index (χ0v) is 11.7. The fourth-order valence-electron chi connectivity index (χ4n) is 1.64. The molecule has 0 saturated heterocycles. The van der Waals surface area contributed by atoms with E-state index in [1.165, 1.54) is 7.05 Å². The molecule has 0 radical (unpaired) electrons. The molecule has 1 aromatic rings. The number of nitrogens with one attached hydrogen (secondary N) is 1. The summed E-state index contributed by atoms with van der Waals surface area (Å²) < 4.78 is 36.9. The predicted molar refractivity (Wildman–Crippen MR) is 70.3 cm³/mol. The second-order valence-electron chi connectivity index (χ2n) is 4.92. The molecule has 0 aliphatic carbocycles. The van der Waals surface area contributed by atoms with Gasteiger partial charge in [0.2, 0.25) is 0 Å². The Morgan fingerprint density at radius 2 is 1.95 bits per heavy atom. The molecule has 1 rings (SSSR count). The lowest BCUT2D eigenvalue weighted by atomic mass is 10.2. The summed E-state index contributed by atoms with van der Waals surface area (Å²) in [6.45, 7) is 5.55. The summed E-state index contributed by atoms with van der Waals surface area (Å²) in [7, 11) is 1.39. The first-order valence-electron chi connectivity index (χ1n) is 6.17. The number of rotatable bonds is 5. The minimum absolute atomic E-state index is 0.336. The molecule has 0 aromatic carbocycles. The van der Waals surface area contributed by atoms with Crippen molar-refractivity contribution in [2.24, 2.45) is 0 Å². The van der Waals surface area contributed by atoms with Crippen LogP contribution in [0.1, 0.15) is 25.1 Å². The van der Waals surface area contributed by atoms with Gasteiger partial charge in [-0.15, -0.1) is 0 Å². The highest BCUT2D eigenvalue weighted by Crippen LogP contribution is 2.20. The third kappa shape index (κ3) is 5.46. The van der Waals surface area contributed by atoms with E-state index in [4.69, 9.17) is 0 Å². The van der Waals surface area contributed by atoms with Crippen molar-refractivity contribution in [1.82, 2.24) is 10.3 Å². The van der Waals surface area contributed by atoms with E-state index >= 15 is 0 Å². The number of hydrogen-bond donors (Lipinski definition) is 1. The third-order valence-corrected chi connectivity index (χ3v) is 2.69. The van der Waals surface area contributed by atoms with Crippen molar-refractivity contribution in [3.8, 4) is 0 Å². The summed E-state index contributed by atoms with van der Waals surface area (Å²) in [5, 5.41) is 3.26. The minimum atomic E-state index is -4.22. The van der Waals surface area contributed by atoms with Gasteiger partial charge in [-0.05, 0) is 18.6 Å². The van der Waals surface area contributed by atoms with Crippen LogP contribution in [0.25, 0.3) is 0 Å². The highest BCUT2D eigenvalue weighted by Gasteiger charge is 2.29. The second-order valence-corrected chi connectivity index (χ2v) is 4.92. The van der Waals surface area contributed by atoms with Crippen LogP contribution in [0, 0.1) is 6.92 Å². The zero-order valence-electron chi connectivity index (χ0n) is 11.7. The number of aryl methyl sites for hydroxylation is 1. The van der Waals surface area contributed by atoms with Crippen LogP contribution in [0.3, 0.4) is 0 Å². The Bertz CT molecular complexity index is 416. The molecule has 19 heavy (non-hydrogen) atoms. The Balaban J connectivity index is 2.76. The predicted octanol–water partition coefficient (Wildman–Crippen LogP) is 2.89. The first kappa shape index (κ1) is 15.8. The molecular formula is C13H20F3N3. The largest absolute Gasteiger partial charge is 0.405 e. The van der Waals surface area contributed by atoms with Crippen molar-refractivity contribution < 1.29 is 13.2 Å². The van der Waals surface area contributed by atoms with Crippen molar-refractivity contribution in [1.29, 1.82) is 0 Å². The molecule has 1 heterocycles. The van der Waals surface area contributed by atoms with Gasteiger partial charge in [0.25, 0.3) is 0 Å². The van der Waals surface area contributed by atoms with Gasteiger partial charge in [0.1, 0.15) is 12.4 Å². The smallest absolute Gasteiger partial charge is 0.351 e. The van der Waals surface area contributed by atoms with E-state index < -0.39 is 12.7 Å². The van der Waals surface area contributed by atoms with E-state index in [0.717, 1.165) is 16.2 Å². The van der Waals surface area contributed by atoms with E-state index in [-0.39, 0.29) is 0 Å². The van der Waals surface area contributed by atoms with Gasteiger partial charge in [0.15, 0.2) is 0 Å². The summed E-state index contributed by atoms with van der Waals surface area (Å²) in [4.78, 5) is 5.32. The van der Waals surface area contributed by atoms with Crippen LogP contribution in [0.4, 0.5) is 19.0 Å². The van der Waals surface area contributed by atoms with Gasteiger partial charge in [-0.2, -0.15) is 13.2 Å². The van der Waals surface area contributed by atoms with E-state index in [0.29, 0.717) is 18.4 Å². The van der Waals surface area contributed by atoms with Gasteiger partial charge < -0.3 is 10.2 Å². The lowest BCUT2D eigenvalue weighted by Crippen LogP contribution is -2.31. The maximum absolute atomic E-state index is 12.3. The number of alkyl halides is 3. The first-order chi connectivity index (χ1) is 8.69. The molecule has 1 N–H and O–H groups in total. The molecule has 0 spiro atoms. The van der Waals surface area contributed by atoms with Crippen LogP contribution in [0.5, 0.6) is 0 Å². The number of pyridine rings is 1. The molecule has 6 heteroatoms. The molecule has 0 aliphatic rings. The average molecular weight is 275 g/mol. The molecule has 3 nitrogen and oxygen atoms in total.